The summed E-state index contributed by atoms with van der Waals surface area (Å²) in [7, 11) is 0. The van der Waals surface area contributed by atoms with Gasteiger partial charge < -0.3 is 5.11 Å². The number of nitrogens with zero attached hydrogens (tertiary/aromatic N) is 1. The van der Waals surface area contributed by atoms with E-state index >= 15 is 0 Å². The molecule has 0 amide bonds. The molecule has 0 aliphatic heterocycles. The lowest BCUT2D eigenvalue weighted by atomic mass is 9.80. The van der Waals surface area contributed by atoms with Crippen LogP contribution < -0.4 is 0 Å². The quantitative estimate of drug-likeness (QED) is 0.780. The monoisotopic (exact) mass is 227 g/mol. The van der Waals surface area contributed by atoms with Gasteiger partial charge >= 0.3 is 0 Å². The molecular formula is C14H29NO. The molecule has 96 valence electrons. The van der Waals surface area contributed by atoms with E-state index in [2.05, 4.69) is 25.7 Å². The summed E-state index contributed by atoms with van der Waals surface area (Å²) in [5.74, 6) is 1.71. The van der Waals surface area contributed by atoms with E-state index in [0.717, 1.165) is 18.4 Å². The zero-order valence-electron chi connectivity index (χ0n) is 11.4. The van der Waals surface area contributed by atoms with Crippen molar-refractivity contribution < 1.29 is 5.11 Å². The molecule has 0 heterocycles. The van der Waals surface area contributed by atoms with Gasteiger partial charge in [0, 0.05) is 19.1 Å². The second kappa shape index (κ2) is 6.61. The minimum absolute atomic E-state index is 0.207. The van der Waals surface area contributed by atoms with Crippen LogP contribution in [0.1, 0.15) is 53.4 Å². The van der Waals surface area contributed by atoms with Gasteiger partial charge in [0.2, 0.25) is 0 Å². The van der Waals surface area contributed by atoms with Crippen molar-refractivity contribution in [2.45, 2.75) is 65.5 Å². The number of hydrogen-bond donors (Lipinski definition) is 1. The third kappa shape index (κ3) is 4.42. The summed E-state index contributed by atoms with van der Waals surface area (Å²) in [6.07, 6.45) is 5.38. The molecule has 3 unspecified atom stereocenters. The highest BCUT2D eigenvalue weighted by Crippen LogP contribution is 2.30. The fraction of sp³-hybridized carbons (Fsp3) is 1.00. The fourth-order valence-electron chi connectivity index (χ4n) is 2.80. The summed E-state index contributed by atoms with van der Waals surface area (Å²) in [4.78, 5) is 2.44. The van der Waals surface area contributed by atoms with Crippen LogP contribution in [0.15, 0.2) is 0 Å². The largest absolute Gasteiger partial charge is 0.392 e. The predicted octanol–water partition coefficient (Wildman–Crippen LogP) is 2.90. The average molecular weight is 227 g/mol. The van der Waals surface area contributed by atoms with E-state index in [4.69, 9.17) is 0 Å². The van der Waals surface area contributed by atoms with Gasteiger partial charge in [0.15, 0.2) is 0 Å². The lowest BCUT2D eigenvalue weighted by Gasteiger charge is -2.36. The van der Waals surface area contributed by atoms with Crippen molar-refractivity contribution in [3.8, 4) is 0 Å². The molecule has 0 saturated heterocycles. The molecular weight excluding hydrogens is 198 g/mol. The molecule has 0 aromatic carbocycles. The molecule has 0 spiro atoms. The van der Waals surface area contributed by atoms with Gasteiger partial charge in [-0.25, -0.2) is 0 Å². The molecule has 1 rings (SSSR count). The molecule has 0 aromatic heterocycles. The molecule has 0 bridgehead atoms. The number of aliphatic hydroxyl groups excluding tert-OH is 1. The van der Waals surface area contributed by atoms with Crippen LogP contribution >= 0.6 is 0 Å². The SMILES string of the molecule is CC(O)CN(CC1CCCCC1C)C(C)C. The van der Waals surface area contributed by atoms with Crippen LogP contribution in [0.2, 0.25) is 0 Å². The van der Waals surface area contributed by atoms with Crippen molar-refractivity contribution in [2.75, 3.05) is 13.1 Å². The third-order valence-electron chi connectivity index (χ3n) is 3.99. The predicted molar refractivity (Wildman–Crippen MR) is 69.5 cm³/mol. The van der Waals surface area contributed by atoms with E-state index < -0.39 is 0 Å². The van der Waals surface area contributed by atoms with Gasteiger partial charge in [-0.2, -0.15) is 0 Å². The minimum Gasteiger partial charge on any atom is -0.392 e. The molecule has 0 aromatic rings. The van der Waals surface area contributed by atoms with E-state index in [1.165, 1.54) is 32.2 Å². The Kier molecular flexibility index (Phi) is 5.77. The standard InChI is InChI=1S/C14H29NO/c1-11(2)15(9-13(4)16)10-14-8-6-5-7-12(14)3/h11-14,16H,5-10H2,1-4H3. The fourth-order valence-corrected chi connectivity index (χ4v) is 2.80. The van der Waals surface area contributed by atoms with Gasteiger partial charge in [-0.1, -0.05) is 26.2 Å². The summed E-state index contributed by atoms with van der Waals surface area (Å²) in [6.45, 7) is 10.7. The molecule has 1 saturated carbocycles. The van der Waals surface area contributed by atoms with E-state index in [1.54, 1.807) is 0 Å². The van der Waals surface area contributed by atoms with Gasteiger partial charge in [0.25, 0.3) is 0 Å². The maximum Gasteiger partial charge on any atom is 0.0639 e. The summed E-state index contributed by atoms with van der Waals surface area (Å²) in [5, 5.41) is 9.53. The van der Waals surface area contributed by atoms with Crippen molar-refractivity contribution in [1.82, 2.24) is 4.90 Å². The first kappa shape index (κ1) is 14.0. The number of rotatable bonds is 5. The molecule has 16 heavy (non-hydrogen) atoms. The number of aliphatic hydroxyl groups is 1. The normalized spacial score (nSPS) is 28.7. The topological polar surface area (TPSA) is 23.5 Å². The molecule has 1 fully saturated rings. The molecule has 2 heteroatoms. The van der Waals surface area contributed by atoms with Gasteiger partial charge in [0.1, 0.15) is 0 Å². The second-order valence-corrected chi connectivity index (χ2v) is 5.92. The van der Waals surface area contributed by atoms with Crippen molar-refractivity contribution in [1.29, 1.82) is 0 Å². The lowest BCUT2D eigenvalue weighted by Crippen LogP contribution is -2.41. The van der Waals surface area contributed by atoms with Crippen LogP contribution in [-0.2, 0) is 0 Å². The van der Waals surface area contributed by atoms with Crippen molar-refractivity contribution in [3.05, 3.63) is 0 Å². The van der Waals surface area contributed by atoms with Crippen LogP contribution in [0.5, 0.6) is 0 Å². The summed E-state index contributed by atoms with van der Waals surface area (Å²) in [6, 6.07) is 0.545. The Labute approximate surface area is 101 Å². The third-order valence-corrected chi connectivity index (χ3v) is 3.99. The first-order valence-electron chi connectivity index (χ1n) is 6.92. The Hall–Kier alpha value is -0.0800. The van der Waals surface area contributed by atoms with Crippen LogP contribution in [0.4, 0.5) is 0 Å². The van der Waals surface area contributed by atoms with Gasteiger partial charge in [-0.15, -0.1) is 0 Å². The summed E-state index contributed by atoms with van der Waals surface area (Å²) >= 11 is 0. The van der Waals surface area contributed by atoms with Crippen LogP contribution in [0, 0.1) is 11.8 Å². The molecule has 0 radical (unpaired) electrons. The highest BCUT2D eigenvalue weighted by Gasteiger charge is 2.24. The summed E-state index contributed by atoms with van der Waals surface area (Å²) in [5.41, 5.74) is 0. The van der Waals surface area contributed by atoms with Gasteiger partial charge in [-0.3, -0.25) is 4.90 Å². The molecule has 2 nitrogen and oxygen atoms in total. The smallest absolute Gasteiger partial charge is 0.0639 e. The lowest BCUT2D eigenvalue weighted by molar-refractivity contribution is 0.0773. The Bertz CT molecular complexity index is 191. The van der Waals surface area contributed by atoms with Crippen molar-refractivity contribution in [3.63, 3.8) is 0 Å². The minimum atomic E-state index is -0.207. The first-order chi connectivity index (χ1) is 7.50. The maximum atomic E-state index is 9.53. The number of hydrogen-bond acceptors (Lipinski definition) is 2. The molecule has 3 atom stereocenters. The first-order valence-corrected chi connectivity index (χ1v) is 6.92. The molecule has 1 aliphatic carbocycles. The highest BCUT2D eigenvalue weighted by atomic mass is 16.3. The van der Waals surface area contributed by atoms with E-state index in [9.17, 15) is 5.11 Å². The Morgan fingerprint density at radius 3 is 2.31 bits per heavy atom. The van der Waals surface area contributed by atoms with Crippen LogP contribution in [0.3, 0.4) is 0 Å². The average Bonchev–Trinajstić information content (AvgIpc) is 2.19. The van der Waals surface area contributed by atoms with Crippen LogP contribution in [0.25, 0.3) is 0 Å². The van der Waals surface area contributed by atoms with E-state index in [-0.39, 0.29) is 6.10 Å². The van der Waals surface area contributed by atoms with E-state index in [1.807, 2.05) is 6.92 Å². The van der Waals surface area contributed by atoms with Crippen molar-refractivity contribution >= 4 is 0 Å². The Morgan fingerprint density at radius 1 is 1.19 bits per heavy atom. The van der Waals surface area contributed by atoms with Crippen molar-refractivity contribution in [2.24, 2.45) is 11.8 Å². The van der Waals surface area contributed by atoms with Gasteiger partial charge in [-0.05, 0) is 39.0 Å². The Morgan fingerprint density at radius 2 is 1.81 bits per heavy atom. The zero-order chi connectivity index (χ0) is 12.1. The van der Waals surface area contributed by atoms with Gasteiger partial charge in [0.05, 0.1) is 6.10 Å². The zero-order valence-corrected chi connectivity index (χ0v) is 11.4. The molecule has 1 N–H and O–H groups in total. The second-order valence-electron chi connectivity index (χ2n) is 5.92. The van der Waals surface area contributed by atoms with E-state index in [0.29, 0.717) is 6.04 Å². The van der Waals surface area contributed by atoms with Crippen LogP contribution in [-0.4, -0.2) is 35.2 Å². The highest BCUT2D eigenvalue weighted by molar-refractivity contribution is 4.77. The molecule has 1 aliphatic rings. The Balaban J connectivity index is 2.46. The summed E-state index contributed by atoms with van der Waals surface area (Å²) < 4.78 is 0. The maximum absolute atomic E-state index is 9.53.